The van der Waals surface area contributed by atoms with Crippen LogP contribution in [0.25, 0.3) is 0 Å². The summed E-state index contributed by atoms with van der Waals surface area (Å²) in [6.45, 7) is 4.28. The van der Waals surface area contributed by atoms with Crippen LogP contribution in [0.2, 0.25) is 8.67 Å². The minimum absolute atomic E-state index is 0.337. The summed E-state index contributed by atoms with van der Waals surface area (Å²) >= 11 is 13.6. The van der Waals surface area contributed by atoms with Crippen LogP contribution < -0.4 is 5.73 Å². The molecule has 2 heterocycles. The molecular weight excluding hydrogens is 263 g/mol. The second-order valence-corrected chi connectivity index (χ2v) is 6.61. The molecule has 2 N–H and O–H groups in total. The summed E-state index contributed by atoms with van der Waals surface area (Å²) in [5, 5.41) is 0. The average molecular weight is 279 g/mol. The lowest BCUT2D eigenvalue weighted by Gasteiger charge is -2.34. The molecule has 1 saturated heterocycles. The van der Waals surface area contributed by atoms with Crippen LogP contribution in [0.5, 0.6) is 0 Å². The summed E-state index contributed by atoms with van der Waals surface area (Å²) in [7, 11) is 0. The van der Waals surface area contributed by atoms with E-state index in [4.69, 9.17) is 28.9 Å². The number of nitrogens with zero attached hydrogens (tertiary/aromatic N) is 1. The molecule has 0 spiro atoms. The van der Waals surface area contributed by atoms with Gasteiger partial charge >= 0.3 is 0 Å². The summed E-state index contributed by atoms with van der Waals surface area (Å²) in [5.41, 5.74) is 7.04. The normalized spacial score (nSPS) is 21.2. The minimum Gasteiger partial charge on any atom is -0.328 e. The van der Waals surface area contributed by atoms with Crippen LogP contribution in [0.4, 0.5) is 0 Å². The lowest BCUT2D eigenvalue weighted by molar-refractivity contribution is 0.164. The molecule has 1 aromatic heterocycles. The number of thiophene rings is 1. The zero-order valence-electron chi connectivity index (χ0n) is 9.25. The second kappa shape index (κ2) is 5.23. The van der Waals surface area contributed by atoms with E-state index in [0.717, 1.165) is 40.2 Å². The first-order valence-corrected chi connectivity index (χ1v) is 7.09. The molecule has 0 bridgehead atoms. The van der Waals surface area contributed by atoms with Crippen molar-refractivity contribution in [1.82, 2.24) is 4.90 Å². The van der Waals surface area contributed by atoms with E-state index >= 15 is 0 Å². The molecule has 1 atom stereocenters. The van der Waals surface area contributed by atoms with Crippen molar-refractivity contribution in [2.45, 2.75) is 31.8 Å². The van der Waals surface area contributed by atoms with Crippen molar-refractivity contribution < 1.29 is 0 Å². The van der Waals surface area contributed by atoms with E-state index in [1.165, 1.54) is 11.3 Å². The first kappa shape index (κ1) is 12.7. The quantitative estimate of drug-likeness (QED) is 0.897. The fourth-order valence-corrected chi connectivity index (χ4v) is 3.77. The lowest BCUT2D eigenvalue weighted by atomic mass is 10.0. The maximum Gasteiger partial charge on any atom is 0.0991 e. The zero-order chi connectivity index (χ0) is 11.7. The number of piperidine rings is 1. The number of rotatable bonds is 2. The highest BCUT2D eigenvalue weighted by Crippen LogP contribution is 2.37. The number of likely N-dealkylation sites (tertiary alicyclic amines) is 1. The smallest absolute Gasteiger partial charge is 0.0991 e. The molecule has 0 amide bonds. The molecule has 0 saturated carbocycles. The van der Waals surface area contributed by atoms with Crippen molar-refractivity contribution in [3.8, 4) is 0 Å². The van der Waals surface area contributed by atoms with Crippen molar-refractivity contribution in [2.75, 3.05) is 13.1 Å². The Balaban J connectivity index is 2.07. The summed E-state index contributed by atoms with van der Waals surface area (Å²) in [6, 6.07) is 2.68. The highest BCUT2D eigenvalue weighted by atomic mass is 35.5. The van der Waals surface area contributed by atoms with Gasteiger partial charge in [-0.25, -0.2) is 0 Å². The van der Waals surface area contributed by atoms with Crippen LogP contribution in [0.3, 0.4) is 0 Å². The molecule has 1 aliphatic rings. The van der Waals surface area contributed by atoms with Gasteiger partial charge in [0.25, 0.3) is 0 Å². The highest BCUT2D eigenvalue weighted by Gasteiger charge is 2.24. The molecule has 0 aromatic carbocycles. The molecule has 1 aromatic rings. The van der Waals surface area contributed by atoms with Gasteiger partial charge in [-0.3, -0.25) is 4.90 Å². The Hall–Kier alpha value is 0.200. The summed E-state index contributed by atoms with van der Waals surface area (Å²) in [5.74, 6) is 0. The van der Waals surface area contributed by atoms with Gasteiger partial charge in [-0.15, -0.1) is 11.3 Å². The molecule has 0 aliphatic carbocycles. The summed E-state index contributed by atoms with van der Waals surface area (Å²) < 4.78 is 1.58. The van der Waals surface area contributed by atoms with Gasteiger partial charge in [0.15, 0.2) is 0 Å². The van der Waals surface area contributed by atoms with Crippen LogP contribution in [0, 0.1) is 0 Å². The molecule has 1 fully saturated rings. The van der Waals surface area contributed by atoms with Crippen LogP contribution in [0.15, 0.2) is 6.07 Å². The first-order valence-electron chi connectivity index (χ1n) is 5.52. The van der Waals surface area contributed by atoms with Crippen LogP contribution in [-0.2, 0) is 0 Å². The van der Waals surface area contributed by atoms with E-state index in [-0.39, 0.29) is 0 Å². The minimum atomic E-state index is 0.337. The maximum absolute atomic E-state index is 6.17. The van der Waals surface area contributed by atoms with Crippen LogP contribution in [0.1, 0.15) is 31.4 Å². The third-order valence-electron chi connectivity index (χ3n) is 3.26. The van der Waals surface area contributed by atoms with Crippen LogP contribution in [-0.4, -0.2) is 24.0 Å². The Bertz CT molecular complexity index is 359. The molecule has 5 heteroatoms. The van der Waals surface area contributed by atoms with E-state index in [9.17, 15) is 0 Å². The van der Waals surface area contributed by atoms with Crippen molar-refractivity contribution in [3.63, 3.8) is 0 Å². The molecule has 16 heavy (non-hydrogen) atoms. The Morgan fingerprint density at radius 1 is 1.44 bits per heavy atom. The first-order chi connectivity index (χ1) is 7.58. The summed E-state index contributed by atoms with van der Waals surface area (Å²) in [6.07, 6.45) is 2.14. The number of hydrogen-bond acceptors (Lipinski definition) is 3. The fourth-order valence-electron chi connectivity index (χ4n) is 2.14. The van der Waals surface area contributed by atoms with Gasteiger partial charge in [-0.05, 0) is 25.8 Å². The van der Waals surface area contributed by atoms with Crippen LogP contribution >= 0.6 is 34.5 Å². The van der Waals surface area contributed by atoms with Crippen molar-refractivity contribution in [1.29, 1.82) is 0 Å². The van der Waals surface area contributed by atoms with E-state index in [2.05, 4.69) is 11.8 Å². The van der Waals surface area contributed by atoms with Gasteiger partial charge in [-0.1, -0.05) is 23.2 Å². The second-order valence-electron chi connectivity index (χ2n) is 4.33. The third-order valence-corrected chi connectivity index (χ3v) is 4.77. The van der Waals surface area contributed by atoms with E-state index in [1.807, 2.05) is 6.07 Å². The van der Waals surface area contributed by atoms with Gasteiger partial charge in [0.1, 0.15) is 0 Å². The topological polar surface area (TPSA) is 29.3 Å². The maximum atomic E-state index is 6.17. The van der Waals surface area contributed by atoms with Gasteiger partial charge in [-0.2, -0.15) is 0 Å². The Labute approximate surface area is 110 Å². The van der Waals surface area contributed by atoms with E-state index in [1.54, 1.807) is 0 Å². The standard InChI is InChI=1S/C11H16Cl2N2S/c1-7(9-6-10(12)16-11(9)13)15-4-2-8(14)3-5-15/h6-8H,2-5,14H2,1H3. The van der Waals surface area contributed by atoms with E-state index in [0.29, 0.717) is 12.1 Å². The zero-order valence-corrected chi connectivity index (χ0v) is 11.6. The largest absolute Gasteiger partial charge is 0.328 e. The van der Waals surface area contributed by atoms with Gasteiger partial charge in [0.05, 0.1) is 8.67 Å². The van der Waals surface area contributed by atoms with Crippen molar-refractivity contribution >= 4 is 34.5 Å². The number of hydrogen-bond donors (Lipinski definition) is 1. The molecule has 1 aliphatic heterocycles. The SMILES string of the molecule is CC(c1cc(Cl)sc1Cl)N1CCC(N)CC1. The monoisotopic (exact) mass is 278 g/mol. The number of nitrogens with two attached hydrogens (primary N) is 1. The molecule has 2 nitrogen and oxygen atoms in total. The predicted molar refractivity (Wildman–Crippen MR) is 71.5 cm³/mol. The predicted octanol–water partition coefficient (Wildman–Crippen LogP) is 3.54. The van der Waals surface area contributed by atoms with Gasteiger partial charge in [0.2, 0.25) is 0 Å². The molecule has 2 rings (SSSR count). The lowest BCUT2D eigenvalue weighted by Crippen LogP contribution is -2.40. The Morgan fingerprint density at radius 2 is 2.06 bits per heavy atom. The molecule has 90 valence electrons. The van der Waals surface area contributed by atoms with Gasteiger partial charge in [0, 0.05) is 30.7 Å². The third kappa shape index (κ3) is 2.71. The number of halogens is 2. The Morgan fingerprint density at radius 3 is 2.56 bits per heavy atom. The van der Waals surface area contributed by atoms with Crippen molar-refractivity contribution in [3.05, 3.63) is 20.3 Å². The fraction of sp³-hybridized carbons (Fsp3) is 0.636. The Kier molecular flexibility index (Phi) is 4.14. The highest BCUT2D eigenvalue weighted by molar-refractivity contribution is 7.20. The summed E-state index contributed by atoms with van der Waals surface area (Å²) in [4.78, 5) is 2.42. The molecule has 0 radical (unpaired) electrons. The van der Waals surface area contributed by atoms with Gasteiger partial charge < -0.3 is 5.73 Å². The van der Waals surface area contributed by atoms with E-state index < -0.39 is 0 Å². The average Bonchev–Trinajstić information content (AvgIpc) is 2.58. The van der Waals surface area contributed by atoms with Crippen molar-refractivity contribution in [2.24, 2.45) is 5.73 Å². The molecular formula is C11H16Cl2N2S. The molecule has 1 unspecified atom stereocenters.